The molecule has 1 aliphatic heterocycles. The highest BCUT2D eigenvalue weighted by Crippen LogP contribution is 2.31. The molecule has 1 aliphatic rings. The molecule has 0 bridgehead atoms. The van der Waals surface area contributed by atoms with E-state index in [0.717, 1.165) is 0 Å². The van der Waals surface area contributed by atoms with Gasteiger partial charge in [0.2, 0.25) is 0 Å². The van der Waals surface area contributed by atoms with Gasteiger partial charge in [0.1, 0.15) is 12.2 Å². The minimum absolute atomic E-state index is 0.301. The van der Waals surface area contributed by atoms with Gasteiger partial charge in [-0.15, -0.1) is 0 Å². The van der Waals surface area contributed by atoms with Gasteiger partial charge in [0.25, 0.3) is 0 Å². The summed E-state index contributed by atoms with van der Waals surface area (Å²) in [7, 11) is 0. The maximum absolute atomic E-state index is 12.2. The van der Waals surface area contributed by atoms with Crippen LogP contribution in [-0.2, 0) is 9.47 Å². The number of hydrogen-bond donors (Lipinski definition) is 2. The van der Waals surface area contributed by atoms with Gasteiger partial charge in [-0.25, -0.2) is 0 Å². The first kappa shape index (κ1) is 12.7. The van der Waals surface area contributed by atoms with Crippen LogP contribution in [0.2, 0.25) is 0 Å². The van der Waals surface area contributed by atoms with Gasteiger partial charge in [-0.2, -0.15) is 13.2 Å². The number of aliphatic hydroxyl groups excluding tert-OH is 2. The molecule has 1 heterocycles. The Morgan fingerprint density at radius 3 is 2.40 bits per heavy atom. The van der Waals surface area contributed by atoms with E-state index >= 15 is 0 Å². The second-order valence-electron chi connectivity index (χ2n) is 3.85. The largest absolute Gasteiger partial charge is 0.417 e. The zero-order valence-electron chi connectivity index (χ0n) is 8.28. The van der Waals surface area contributed by atoms with Crippen molar-refractivity contribution >= 4 is 0 Å². The van der Waals surface area contributed by atoms with Gasteiger partial charge < -0.3 is 19.7 Å². The molecule has 0 aromatic heterocycles. The summed E-state index contributed by atoms with van der Waals surface area (Å²) >= 11 is 0. The van der Waals surface area contributed by atoms with Crippen molar-refractivity contribution in [1.29, 1.82) is 0 Å². The van der Waals surface area contributed by atoms with Crippen molar-refractivity contribution in [2.24, 2.45) is 0 Å². The first-order chi connectivity index (χ1) is 6.63. The Kier molecular flexibility index (Phi) is 3.30. The Morgan fingerprint density at radius 2 is 1.93 bits per heavy atom. The summed E-state index contributed by atoms with van der Waals surface area (Å²) in [6, 6.07) is 0. The van der Waals surface area contributed by atoms with E-state index < -0.39 is 30.3 Å². The molecular formula is C8H13F3O4. The number of halogens is 3. The quantitative estimate of drug-likeness (QED) is 0.685. The lowest BCUT2D eigenvalue weighted by molar-refractivity contribution is -0.345. The highest BCUT2D eigenvalue weighted by Gasteiger charge is 2.50. The molecule has 2 N–H and O–H groups in total. The SMILES string of the molecule is CC1(C)OC[C@H](O)[C@H]([C@@H](O)C(F)(F)F)O1. The Balaban J connectivity index is 2.74. The number of aliphatic hydroxyl groups is 2. The van der Waals surface area contributed by atoms with E-state index in [1.165, 1.54) is 13.8 Å². The monoisotopic (exact) mass is 230 g/mol. The van der Waals surface area contributed by atoms with Gasteiger partial charge >= 0.3 is 6.18 Å². The Hall–Kier alpha value is -0.370. The third-order valence-corrected chi connectivity index (χ3v) is 2.05. The van der Waals surface area contributed by atoms with E-state index in [1.54, 1.807) is 0 Å². The minimum Gasteiger partial charge on any atom is -0.388 e. The van der Waals surface area contributed by atoms with Gasteiger partial charge in [0.05, 0.1) is 6.61 Å². The molecular weight excluding hydrogens is 217 g/mol. The fraction of sp³-hybridized carbons (Fsp3) is 1.00. The van der Waals surface area contributed by atoms with Crippen molar-refractivity contribution in [3.63, 3.8) is 0 Å². The van der Waals surface area contributed by atoms with Crippen molar-refractivity contribution in [1.82, 2.24) is 0 Å². The molecule has 0 aromatic rings. The third-order valence-electron chi connectivity index (χ3n) is 2.05. The topological polar surface area (TPSA) is 58.9 Å². The zero-order valence-corrected chi connectivity index (χ0v) is 8.28. The van der Waals surface area contributed by atoms with E-state index in [2.05, 4.69) is 0 Å². The Bertz CT molecular complexity index is 225. The lowest BCUT2D eigenvalue weighted by Crippen LogP contribution is -2.57. The van der Waals surface area contributed by atoms with Gasteiger partial charge in [-0.05, 0) is 13.8 Å². The van der Waals surface area contributed by atoms with Crippen LogP contribution in [0.25, 0.3) is 0 Å². The van der Waals surface area contributed by atoms with E-state index in [4.69, 9.17) is 14.6 Å². The molecule has 90 valence electrons. The second-order valence-corrected chi connectivity index (χ2v) is 3.85. The van der Waals surface area contributed by atoms with Crippen molar-refractivity contribution in [2.45, 2.75) is 44.1 Å². The molecule has 0 aromatic carbocycles. The lowest BCUT2D eigenvalue weighted by atomic mass is 10.1. The first-order valence-corrected chi connectivity index (χ1v) is 4.38. The molecule has 0 radical (unpaired) electrons. The van der Waals surface area contributed by atoms with E-state index in [1.807, 2.05) is 0 Å². The molecule has 1 fully saturated rings. The van der Waals surface area contributed by atoms with Crippen LogP contribution in [0.5, 0.6) is 0 Å². The lowest BCUT2D eigenvalue weighted by Gasteiger charge is -2.41. The summed E-state index contributed by atoms with van der Waals surface area (Å²) in [5, 5.41) is 18.2. The number of rotatable bonds is 1. The van der Waals surface area contributed by atoms with Crippen molar-refractivity contribution < 1.29 is 32.9 Å². The zero-order chi connectivity index (χ0) is 11.9. The van der Waals surface area contributed by atoms with Gasteiger partial charge in [-0.3, -0.25) is 0 Å². The maximum atomic E-state index is 12.2. The number of ether oxygens (including phenoxy) is 2. The molecule has 0 unspecified atom stereocenters. The molecule has 0 aliphatic carbocycles. The average Bonchev–Trinajstić information content (AvgIpc) is 2.06. The predicted molar refractivity (Wildman–Crippen MR) is 43.0 cm³/mol. The van der Waals surface area contributed by atoms with E-state index in [9.17, 15) is 18.3 Å². The summed E-state index contributed by atoms with van der Waals surface area (Å²) in [6.45, 7) is 2.52. The van der Waals surface area contributed by atoms with Crippen LogP contribution < -0.4 is 0 Å². The van der Waals surface area contributed by atoms with E-state index in [0.29, 0.717) is 0 Å². The number of alkyl halides is 3. The Labute approximate surface area is 84.6 Å². The van der Waals surface area contributed by atoms with Crippen LogP contribution in [0, 0.1) is 0 Å². The molecule has 1 rings (SSSR count). The molecule has 0 spiro atoms. The van der Waals surface area contributed by atoms with E-state index in [-0.39, 0.29) is 6.61 Å². The first-order valence-electron chi connectivity index (χ1n) is 4.38. The fourth-order valence-electron chi connectivity index (χ4n) is 1.28. The smallest absolute Gasteiger partial charge is 0.388 e. The van der Waals surface area contributed by atoms with Crippen molar-refractivity contribution in [3.8, 4) is 0 Å². The van der Waals surface area contributed by atoms with Crippen LogP contribution >= 0.6 is 0 Å². The standard InChI is InChI=1S/C8H13F3O4/c1-7(2)14-3-4(12)5(15-7)6(13)8(9,10)11/h4-6,12-13H,3H2,1-2H3/t4-,5+,6+/m0/s1. The third kappa shape index (κ3) is 3.04. The van der Waals surface area contributed by atoms with Gasteiger partial charge in [0, 0.05) is 0 Å². The molecule has 0 amide bonds. The Morgan fingerprint density at radius 1 is 1.40 bits per heavy atom. The second kappa shape index (κ2) is 3.89. The molecule has 0 saturated carbocycles. The van der Waals surface area contributed by atoms with Crippen LogP contribution in [0.1, 0.15) is 13.8 Å². The molecule has 7 heteroatoms. The molecule has 4 nitrogen and oxygen atoms in total. The summed E-state index contributed by atoms with van der Waals surface area (Å²) < 4.78 is 46.3. The molecule has 3 atom stereocenters. The summed E-state index contributed by atoms with van der Waals surface area (Å²) in [4.78, 5) is 0. The maximum Gasteiger partial charge on any atom is 0.417 e. The normalized spacial score (nSPS) is 33.8. The minimum atomic E-state index is -4.82. The average molecular weight is 230 g/mol. The van der Waals surface area contributed by atoms with Crippen LogP contribution in [0.15, 0.2) is 0 Å². The molecule has 15 heavy (non-hydrogen) atoms. The summed E-state index contributed by atoms with van der Waals surface area (Å²) in [5.41, 5.74) is 0. The van der Waals surface area contributed by atoms with Crippen LogP contribution in [0.3, 0.4) is 0 Å². The van der Waals surface area contributed by atoms with Crippen molar-refractivity contribution in [3.05, 3.63) is 0 Å². The number of hydrogen-bond acceptors (Lipinski definition) is 4. The van der Waals surface area contributed by atoms with Crippen molar-refractivity contribution in [2.75, 3.05) is 6.61 Å². The van der Waals surface area contributed by atoms with Crippen LogP contribution in [-0.4, -0.2) is 47.1 Å². The van der Waals surface area contributed by atoms with Gasteiger partial charge in [0.15, 0.2) is 11.9 Å². The van der Waals surface area contributed by atoms with Gasteiger partial charge in [-0.1, -0.05) is 0 Å². The fourth-order valence-corrected chi connectivity index (χ4v) is 1.28. The highest BCUT2D eigenvalue weighted by atomic mass is 19.4. The van der Waals surface area contributed by atoms with Crippen LogP contribution in [0.4, 0.5) is 13.2 Å². The predicted octanol–water partition coefficient (Wildman–Crippen LogP) is 0.422. The summed E-state index contributed by atoms with van der Waals surface area (Å²) in [5.74, 6) is -1.24. The summed E-state index contributed by atoms with van der Waals surface area (Å²) in [6.07, 6.45) is -10.7. The highest BCUT2D eigenvalue weighted by molar-refractivity contribution is 4.86. The molecule has 1 saturated heterocycles.